The fourth-order valence-corrected chi connectivity index (χ4v) is 1.45. The number of nitrogens with one attached hydrogen (secondary N) is 1. The molecule has 0 radical (unpaired) electrons. The van der Waals surface area contributed by atoms with E-state index in [1.807, 2.05) is 0 Å². The van der Waals surface area contributed by atoms with E-state index in [1.54, 1.807) is 0 Å². The molecule has 1 N–H and O–H groups in total. The average Bonchev–Trinajstić information content (AvgIpc) is 2.04. The Kier molecular flexibility index (Phi) is 3.49. The Hall–Kier alpha value is -0.820. The smallest absolute Gasteiger partial charge is 0.0294 e. The molecule has 13 heavy (non-hydrogen) atoms. The number of aryl methyl sites for hydroxylation is 1. The normalized spacial score (nSPS) is 13.3. The van der Waals surface area contributed by atoms with Crippen LogP contribution < -0.4 is 5.32 Å². The molecule has 0 fully saturated rings. The Morgan fingerprint density at radius 3 is 2.00 bits per heavy atom. The second-order valence-electron chi connectivity index (χ2n) is 3.95. The lowest BCUT2D eigenvalue weighted by atomic mass is 10.1. The predicted octanol–water partition coefficient (Wildman–Crippen LogP) is 3.05. The summed E-state index contributed by atoms with van der Waals surface area (Å²) in [5.41, 5.74) is 2.68. The quantitative estimate of drug-likeness (QED) is 0.748. The van der Waals surface area contributed by atoms with Crippen LogP contribution in [0.1, 0.15) is 37.9 Å². The molecule has 0 saturated heterocycles. The van der Waals surface area contributed by atoms with E-state index in [-0.39, 0.29) is 0 Å². The molecule has 0 amide bonds. The molecule has 0 heterocycles. The van der Waals surface area contributed by atoms with Gasteiger partial charge < -0.3 is 5.32 Å². The molecule has 1 rings (SSSR count). The van der Waals surface area contributed by atoms with Gasteiger partial charge in [0.1, 0.15) is 0 Å². The summed E-state index contributed by atoms with van der Waals surface area (Å²) in [6.45, 7) is 8.66. The first-order chi connectivity index (χ1) is 6.09. The zero-order valence-electron chi connectivity index (χ0n) is 8.96. The molecule has 0 unspecified atom stereocenters. The van der Waals surface area contributed by atoms with E-state index in [4.69, 9.17) is 0 Å². The molecule has 72 valence electrons. The van der Waals surface area contributed by atoms with Crippen LogP contribution in [0.5, 0.6) is 0 Å². The Labute approximate surface area is 81.2 Å². The van der Waals surface area contributed by atoms with Crippen LogP contribution in [0.15, 0.2) is 24.3 Å². The number of benzene rings is 1. The second kappa shape index (κ2) is 4.43. The van der Waals surface area contributed by atoms with E-state index in [0.717, 1.165) is 0 Å². The topological polar surface area (TPSA) is 12.0 Å². The summed E-state index contributed by atoms with van der Waals surface area (Å²) in [5, 5.41) is 3.48. The monoisotopic (exact) mass is 177 g/mol. The summed E-state index contributed by atoms with van der Waals surface area (Å²) in [4.78, 5) is 0. The van der Waals surface area contributed by atoms with Crippen molar-refractivity contribution < 1.29 is 0 Å². The van der Waals surface area contributed by atoms with Gasteiger partial charge in [0.2, 0.25) is 0 Å². The predicted molar refractivity (Wildman–Crippen MR) is 57.9 cm³/mol. The van der Waals surface area contributed by atoms with Gasteiger partial charge in [-0.1, -0.05) is 43.7 Å². The van der Waals surface area contributed by atoms with Crippen LogP contribution in [0.4, 0.5) is 0 Å². The molecular weight excluding hydrogens is 158 g/mol. The Morgan fingerprint density at radius 1 is 1.00 bits per heavy atom. The third-order valence-corrected chi connectivity index (χ3v) is 2.16. The van der Waals surface area contributed by atoms with E-state index in [9.17, 15) is 0 Å². The van der Waals surface area contributed by atoms with Crippen LogP contribution in [0.3, 0.4) is 0 Å². The standard InChI is InChI=1S/C12H19N/c1-9(2)13-11(4)12-7-5-10(3)6-8-12/h5-9,11,13H,1-4H3/t11-/m1/s1. The van der Waals surface area contributed by atoms with Gasteiger partial charge in [-0.15, -0.1) is 0 Å². The summed E-state index contributed by atoms with van der Waals surface area (Å²) < 4.78 is 0. The Morgan fingerprint density at radius 2 is 1.54 bits per heavy atom. The minimum Gasteiger partial charge on any atom is -0.308 e. The second-order valence-corrected chi connectivity index (χ2v) is 3.95. The third-order valence-electron chi connectivity index (χ3n) is 2.16. The fourth-order valence-electron chi connectivity index (χ4n) is 1.45. The van der Waals surface area contributed by atoms with Crippen molar-refractivity contribution in [3.63, 3.8) is 0 Å². The van der Waals surface area contributed by atoms with E-state index < -0.39 is 0 Å². The molecule has 0 bridgehead atoms. The number of hydrogen-bond donors (Lipinski definition) is 1. The van der Waals surface area contributed by atoms with E-state index >= 15 is 0 Å². The zero-order chi connectivity index (χ0) is 9.84. The molecule has 1 atom stereocenters. The Balaban J connectivity index is 2.66. The van der Waals surface area contributed by atoms with Crippen LogP contribution in [0.2, 0.25) is 0 Å². The van der Waals surface area contributed by atoms with Crippen molar-refractivity contribution in [2.24, 2.45) is 0 Å². The molecule has 0 aliphatic rings. The van der Waals surface area contributed by atoms with Gasteiger partial charge in [-0.25, -0.2) is 0 Å². The lowest BCUT2D eigenvalue weighted by molar-refractivity contribution is 0.506. The number of hydrogen-bond acceptors (Lipinski definition) is 1. The minimum absolute atomic E-state index is 0.445. The summed E-state index contributed by atoms with van der Waals surface area (Å²) in [6, 6.07) is 9.68. The highest BCUT2D eigenvalue weighted by atomic mass is 14.9. The van der Waals surface area contributed by atoms with Crippen LogP contribution >= 0.6 is 0 Å². The summed E-state index contributed by atoms with van der Waals surface area (Å²) in [7, 11) is 0. The van der Waals surface area contributed by atoms with Crippen LogP contribution in [0, 0.1) is 6.92 Å². The van der Waals surface area contributed by atoms with Gasteiger partial charge in [0.15, 0.2) is 0 Å². The van der Waals surface area contributed by atoms with Gasteiger partial charge in [0, 0.05) is 12.1 Å². The number of rotatable bonds is 3. The van der Waals surface area contributed by atoms with Crippen molar-refractivity contribution in [3.8, 4) is 0 Å². The minimum atomic E-state index is 0.445. The van der Waals surface area contributed by atoms with Crippen molar-refractivity contribution in [1.29, 1.82) is 0 Å². The van der Waals surface area contributed by atoms with Crippen LogP contribution in [-0.4, -0.2) is 6.04 Å². The van der Waals surface area contributed by atoms with Gasteiger partial charge in [0.05, 0.1) is 0 Å². The molecular formula is C12H19N. The molecule has 0 aliphatic carbocycles. The van der Waals surface area contributed by atoms with Crippen molar-refractivity contribution in [1.82, 2.24) is 5.32 Å². The highest BCUT2D eigenvalue weighted by Crippen LogP contribution is 2.13. The first-order valence-corrected chi connectivity index (χ1v) is 4.92. The van der Waals surface area contributed by atoms with Gasteiger partial charge in [0.25, 0.3) is 0 Å². The largest absolute Gasteiger partial charge is 0.308 e. The van der Waals surface area contributed by atoms with E-state index in [0.29, 0.717) is 12.1 Å². The first kappa shape index (κ1) is 10.3. The molecule has 1 aromatic carbocycles. The molecule has 1 aromatic rings. The van der Waals surface area contributed by atoms with Crippen molar-refractivity contribution >= 4 is 0 Å². The maximum Gasteiger partial charge on any atom is 0.0294 e. The molecule has 0 saturated carbocycles. The highest BCUT2D eigenvalue weighted by molar-refractivity contribution is 5.23. The zero-order valence-corrected chi connectivity index (χ0v) is 8.96. The van der Waals surface area contributed by atoms with Crippen molar-refractivity contribution in [2.45, 2.75) is 39.8 Å². The van der Waals surface area contributed by atoms with E-state index in [1.165, 1.54) is 11.1 Å². The fraction of sp³-hybridized carbons (Fsp3) is 0.500. The molecule has 0 aliphatic heterocycles. The van der Waals surface area contributed by atoms with Crippen molar-refractivity contribution in [2.75, 3.05) is 0 Å². The highest BCUT2D eigenvalue weighted by Gasteiger charge is 2.04. The molecule has 1 heteroatoms. The van der Waals surface area contributed by atoms with Gasteiger partial charge >= 0.3 is 0 Å². The third kappa shape index (κ3) is 3.19. The molecule has 0 spiro atoms. The first-order valence-electron chi connectivity index (χ1n) is 4.92. The van der Waals surface area contributed by atoms with Crippen LogP contribution in [0.25, 0.3) is 0 Å². The van der Waals surface area contributed by atoms with Crippen LogP contribution in [-0.2, 0) is 0 Å². The SMILES string of the molecule is Cc1ccc([C@@H](C)NC(C)C)cc1. The average molecular weight is 177 g/mol. The lowest BCUT2D eigenvalue weighted by Crippen LogP contribution is -2.25. The van der Waals surface area contributed by atoms with E-state index in [2.05, 4.69) is 57.3 Å². The molecule has 0 aromatic heterocycles. The lowest BCUT2D eigenvalue weighted by Gasteiger charge is -2.17. The molecule has 1 nitrogen and oxygen atoms in total. The van der Waals surface area contributed by atoms with Gasteiger partial charge in [-0.2, -0.15) is 0 Å². The summed E-state index contributed by atoms with van der Waals surface area (Å²) in [6.07, 6.45) is 0. The Bertz CT molecular complexity index is 248. The van der Waals surface area contributed by atoms with Crippen molar-refractivity contribution in [3.05, 3.63) is 35.4 Å². The van der Waals surface area contributed by atoms with Gasteiger partial charge in [-0.05, 0) is 19.4 Å². The summed E-state index contributed by atoms with van der Waals surface area (Å²) in [5.74, 6) is 0. The summed E-state index contributed by atoms with van der Waals surface area (Å²) >= 11 is 0. The maximum atomic E-state index is 3.48. The van der Waals surface area contributed by atoms with Gasteiger partial charge in [-0.3, -0.25) is 0 Å². The maximum absolute atomic E-state index is 3.48.